The van der Waals surface area contributed by atoms with Gasteiger partial charge in [-0.25, -0.2) is 0 Å². The fourth-order valence-corrected chi connectivity index (χ4v) is 4.28. The first kappa shape index (κ1) is 24.0. The van der Waals surface area contributed by atoms with Crippen LogP contribution >= 0.6 is 35.1 Å². The topological polar surface area (TPSA) is 53.0 Å². The number of benzene rings is 2. The smallest absolute Gasteiger partial charge is 0.394 e. The second-order valence-corrected chi connectivity index (χ2v) is 8.70. The van der Waals surface area contributed by atoms with Crippen LogP contribution in [0.5, 0.6) is 0 Å². The molecule has 0 aliphatic carbocycles. The van der Waals surface area contributed by atoms with Crippen LogP contribution in [0.15, 0.2) is 47.4 Å². The summed E-state index contributed by atoms with van der Waals surface area (Å²) in [5.41, 5.74) is -0.801. The highest BCUT2D eigenvalue weighted by molar-refractivity contribution is 8.00. The molecule has 3 rings (SSSR count). The fraction of sp³-hybridized carbons (Fsp3) is 0.350. The van der Waals surface area contributed by atoms with Crippen LogP contribution in [0.25, 0.3) is 0 Å². The van der Waals surface area contributed by atoms with Gasteiger partial charge in [-0.15, -0.1) is 0 Å². The minimum atomic E-state index is -4.56. The Labute approximate surface area is 191 Å². The Kier molecular flexibility index (Phi) is 7.98. The number of amides is 1. The van der Waals surface area contributed by atoms with Crippen molar-refractivity contribution in [2.75, 3.05) is 37.2 Å². The molecule has 1 unspecified atom stereocenters. The summed E-state index contributed by atoms with van der Waals surface area (Å²) in [6.07, 6.45) is -5.05. The molecule has 168 valence electrons. The monoisotopic (exact) mass is 494 g/mol. The predicted molar refractivity (Wildman–Crippen MR) is 115 cm³/mol. The molecular weight excluding hydrogens is 476 g/mol. The zero-order chi connectivity index (χ0) is 22.6. The van der Waals surface area contributed by atoms with Gasteiger partial charge in [-0.2, -0.15) is 13.2 Å². The lowest BCUT2D eigenvalue weighted by Gasteiger charge is -2.34. The summed E-state index contributed by atoms with van der Waals surface area (Å²) in [4.78, 5) is 15.1. The summed E-state index contributed by atoms with van der Waals surface area (Å²) in [7, 11) is 0. The van der Waals surface area contributed by atoms with E-state index in [4.69, 9.17) is 27.9 Å². The van der Waals surface area contributed by atoms with Gasteiger partial charge < -0.3 is 19.0 Å². The maximum absolute atomic E-state index is 13.3. The highest BCUT2D eigenvalue weighted by Crippen LogP contribution is 2.39. The Morgan fingerprint density at radius 2 is 1.94 bits per heavy atom. The maximum Gasteiger partial charge on any atom is 0.416 e. The van der Waals surface area contributed by atoms with Gasteiger partial charge in [-0.3, -0.25) is 4.79 Å². The van der Waals surface area contributed by atoms with Crippen LogP contribution in [-0.2, 0) is 15.7 Å². The summed E-state index contributed by atoms with van der Waals surface area (Å²) >= 11 is 13.2. The van der Waals surface area contributed by atoms with Crippen molar-refractivity contribution in [1.29, 1.82) is 0 Å². The number of aliphatic hydroxyl groups is 1. The maximum atomic E-state index is 13.3. The molecule has 1 heterocycles. The molecule has 0 radical (unpaired) electrons. The van der Waals surface area contributed by atoms with E-state index in [1.54, 1.807) is 24.3 Å². The Balaban J connectivity index is 1.90. The van der Waals surface area contributed by atoms with E-state index < -0.39 is 17.8 Å². The first-order chi connectivity index (χ1) is 14.7. The SMILES string of the molecule is O=C(CN(Sc1ccc(Cl)cc1)c1cc(C(F)(F)F)ccc1Cl)N1CCOC(CO)C1. The number of carbonyl (C=O) groups is 1. The summed E-state index contributed by atoms with van der Waals surface area (Å²) in [6.45, 7) is 0.334. The molecule has 0 saturated carbocycles. The Bertz CT molecular complexity index is 916. The number of hydrogen-bond acceptors (Lipinski definition) is 5. The van der Waals surface area contributed by atoms with E-state index in [2.05, 4.69) is 0 Å². The molecule has 1 atom stereocenters. The van der Waals surface area contributed by atoms with E-state index in [9.17, 15) is 23.1 Å². The van der Waals surface area contributed by atoms with Crippen molar-refractivity contribution in [3.8, 4) is 0 Å². The number of ether oxygens (including phenoxy) is 1. The van der Waals surface area contributed by atoms with Gasteiger partial charge in [-0.05, 0) is 54.4 Å². The van der Waals surface area contributed by atoms with Crippen LogP contribution in [-0.4, -0.2) is 54.9 Å². The number of carbonyl (C=O) groups excluding carboxylic acids is 1. The van der Waals surface area contributed by atoms with Gasteiger partial charge in [0.05, 0.1) is 35.6 Å². The number of aliphatic hydroxyl groups excluding tert-OH is 1. The van der Waals surface area contributed by atoms with Crippen molar-refractivity contribution in [2.45, 2.75) is 17.2 Å². The van der Waals surface area contributed by atoms with Gasteiger partial charge in [0.25, 0.3) is 0 Å². The largest absolute Gasteiger partial charge is 0.416 e. The van der Waals surface area contributed by atoms with Crippen LogP contribution < -0.4 is 4.31 Å². The third-order valence-electron chi connectivity index (χ3n) is 4.55. The number of nitrogens with zero attached hydrogens (tertiary/aromatic N) is 2. The zero-order valence-electron chi connectivity index (χ0n) is 16.1. The summed E-state index contributed by atoms with van der Waals surface area (Å²) < 4.78 is 46.6. The second-order valence-electron chi connectivity index (χ2n) is 6.76. The molecule has 0 bridgehead atoms. The standard InChI is InChI=1S/C20H19Cl2F3N2O3S/c21-14-2-4-16(5-3-14)31-27(11-19(29)26-7-8-30-15(10-26)12-28)18-9-13(20(23,24)25)1-6-17(18)22/h1-6,9,15,28H,7-8,10-12H2. The number of rotatable bonds is 6. The first-order valence-corrected chi connectivity index (χ1v) is 10.8. The van der Waals surface area contributed by atoms with E-state index in [0.717, 1.165) is 30.1 Å². The van der Waals surface area contributed by atoms with Crippen molar-refractivity contribution in [3.63, 3.8) is 0 Å². The Morgan fingerprint density at radius 1 is 1.23 bits per heavy atom. The minimum absolute atomic E-state index is 0.0664. The molecule has 1 fully saturated rings. The second kappa shape index (κ2) is 10.3. The van der Waals surface area contributed by atoms with Gasteiger partial charge in [0.1, 0.15) is 6.54 Å². The molecule has 1 N–H and O–H groups in total. The lowest BCUT2D eigenvalue weighted by Crippen LogP contribution is -2.49. The van der Waals surface area contributed by atoms with Crippen molar-refractivity contribution in [1.82, 2.24) is 4.90 Å². The molecule has 1 aliphatic heterocycles. The van der Waals surface area contributed by atoms with Crippen LogP contribution in [0.3, 0.4) is 0 Å². The van der Waals surface area contributed by atoms with Crippen molar-refractivity contribution in [2.24, 2.45) is 0 Å². The molecule has 2 aromatic carbocycles. The molecule has 31 heavy (non-hydrogen) atoms. The lowest BCUT2D eigenvalue weighted by atomic mass is 10.2. The molecule has 1 amide bonds. The number of anilines is 1. The number of alkyl halides is 3. The van der Waals surface area contributed by atoms with Gasteiger partial charge >= 0.3 is 6.18 Å². The summed E-state index contributed by atoms with van der Waals surface area (Å²) in [6, 6.07) is 9.67. The minimum Gasteiger partial charge on any atom is -0.394 e. The van der Waals surface area contributed by atoms with Gasteiger partial charge in [-0.1, -0.05) is 23.2 Å². The Hall–Kier alpha value is -1.65. The van der Waals surface area contributed by atoms with Gasteiger partial charge in [0.15, 0.2) is 0 Å². The van der Waals surface area contributed by atoms with Crippen molar-refractivity contribution in [3.05, 3.63) is 58.1 Å². The molecule has 1 aliphatic rings. The fourth-order valence-electron chi connectivity index (χ4n) is 2.95. The summed E-state index contributed by atoms with van der Waals surface area (Å²) in [5.74, 6) is -0.323. The summed E-state index contributed by atoms with van der Waals surface area (Å²) in [5, 5.41) is 9.89. The Morgan fingerprint density at radius 3 is 2.58 bits per heavy atom. The number of hydrogen-bond donors (Lipinski definition) is 1. The number of halogens is 5. The van der Waals surface area contributed by atoms with Crippen molar-refractivity contribution >= 4 is 46.7 Å². The highest BCUT2D eigenvalue weighted by atomic mass is 35.5. The average molecular weight is 495 g/mol. The highest BCUT2D eigenvalue weighted by Gasteiger charge is 2.32. The van der Waals surface area contributed by atoms with E-state index >= 15 is 0 Å². The quantitative estimate of drug-likeness (QED) is 0.587. The predicted octanol–water partition coefficient (Wildman–Crippen LogP) is 4.75. The van der Waals surface area contributed by atoms with Gasteiger partial charge in [0.2, 0.25) is 5.91 Å². The van der Waals surface area contributed by atoms with Crippen LogP contribution in [0.2, 0.25) is 10.0 Å². The molecule has 1 saturated heterocycles. The van der Waals surface area contributed by atoms with E-state index in [1.165, 1.54) is 9.21 Å². The zero-order valence-corrected chi connectivity index (χ0v) is 18.4. The molecule has 0 aromatic heterocycles. The van der Waals surface area contributed by atoms with Gasteiger partial charge in [0, 0.05) is 23.0 Å². The average Bonchev–Trinajstić information content (AvgIpc) is 2.74. The first-order valence-electron chi connectivity index (χ1n) is 9.25. The molecule has 0 spiro atoms. The third-order valence-corrected chi connectivity index (χ3v) is 6.15. The van der Waals surface area contributed by atoms with E-state index in [1.807, 2.05) is 0 Å². The normalized spacial score (nSPS) is 17.0. The molecule has 2 aromatic rings. The van der Waals surface area contributed by atoms with Crippen LogP contribution in [0.1, 0.15) is 5.56 Å². The number of morpholine rings is 1. The van der Waals surface area contributed by atoms with Crippen LogP contribution in [0.4, 0.5) is 18.9 Å². The van der Waals surface area contributed by atoms with E-state index in [-0.39, 0.29) is 42.9 Å². The molecular formula is C20H19Cl2F3N2O3S. The third kappa shape index (κ3) is 6.43. The molecule has 5 nitrogen and oxygen atoms in total. The van der Waals surface area contributed by atoms with E-state index in [0.29, 0.717) is 16.5 Å². The van der Waals surface area contributed by atoms with Crippen LogP contribution in [0, 0.1) is 0 Å². The van der Waals surface area contributed by atoms with Crippen molar-refractivity contribution < 1.29 is 27.8 Å². The lowest BCUT2D eigenvalue weighted by molar-refractivity contribution is -0.138. The molecule has 11 heteroatoms.